The van der Waals surface area contributed by atoms with Crippen molar-refractivity contribution in [2.75, 3.05) is 24.8 Å². The van der Waals surface area contributed by atoms with Crippen molar-refractivity contribution in [2.45, 2.75) is 32.0 Å². The molecule has 0 spiro atoms. The number of methoxy groups -OCH3 is 1. The van der Waals surface area contributed by atoms with Gasteiger partial charge in [-0.1, -0.05) is 23.9 Å². The Morgan fingerprint density at radius 2 is 2.21 bits per heavy atom. The lowest BCUT2D eigenvalue weighted by Crippen LogP contribution is -2.19. The van der Waals surface area contributed by atoms with Crippen molar-refractivity contribution in [3.8, 4) is 0 Å². The number of hydrogen-bond acceptors (Lipinski definition) is 5. The zero-order chi connectivity index (χ0) is 17.5. The van der Waals surface area contributed by atoms with Crippen LogP contribution in [0.2, 0.25) is 0 Å². The number of nitrogens with zero attached hydrogens (tertiary/aromatic N) is 2. The molecule has 0 unspecified atom stereocenters. The van der Waals surface area contributed by atoms with Gasteiger partial charge in [0.1, 0.15) is 0 Å². The van der Waals surface area contributed by atoms with Crippen molar-refractivity contribution >= 4 is 23.4 Å². The van der Waals surface area contributed by atoms with Gasteiger partial charge in [0.15, 0.2) is 5.16 Å². The number of carbonyl (C=O) groups excluding carboxylic acids is 1. The largest absolute Gasteiger partial charge is 0.385 e. The smallest absolute Gasteiger partial charge is 0.343 e. The molecular formula is C16H22N4O3S. The van der Waals surface area contributed by atoms with Crippen molar-refractivity contribution < 1.29 is 9.53 Å². The summed E-state index contributed by atoms with van der Waals surface area (Å²) in [4.78, 5) is 23.9. The van der Waals surface area contributed by atoms with Gasteiger partial charge in [0.05, 0.1) is 5.75 Å². The maximum Gasteiger partial charge on any atom is 0.343 e. The zero-order valence-electron chi connectivity index (χ0n) is 14.1. The first-order valence-corrected chi connectivity index (χ1v) is 8.64. The topological polar surface area (TPSA) is 89.0 Å². The Morgan fingerprint density at radius 1 is 1.42 bits per heavy atom. The fraction of sp³-hybridized carbons (Fsp3) is 0.438. The van der Waals surface area contributed by atoms with Gasteiger partial charge in [0.2, 0.25) is 5.91 Å². The molecule has 7 nitrogen and oxygen atoms in total. The quantitative estimate of drug-likeness (QED) is 0.561. The Bertz CT molecular complexity index is 754. The van der Waals surface area contributed by atoms with E-state index in [0.717, 1.165) is 16.8 Å². The zero-order valence-corrected chi connectivity index (χ0v) is 14.9. The van der Waals surface area contributed by atoms with Crippen LogP contribution >= 0.6 is 11.8 Å². The number of benzene rings is 1. The SMILES string of the molecule is COCCCn1c(SCC(=O)Nc2cccc(C)c2C)n[nH]c1=O. The summed E-state index contributed by atoms with van der Waals surface area (Å²) in [6, 6.07) is 5.79. The van der Waals surface area contributed by atoms with Crippen LogP contribution in [0.3, 0.4) is 0 Å². The summed E-state index contributed by atoms with van der Waals surface area (Å²) in [5, 5.41) is 9.79. The number of amides is 1. The summed E-state index contributed by atoms with van der Waals surface area (Å²) in [6.45, 7) is 5.04. The summed E-state index contributed by atoms with van der Waals surface area (Å²) < 4.78 is 6.51. The fourth-order valence-corrected chi connectivity index (χ4v) is 2.95. The second kappa shape index (κ2) is 8.70. The first-order chi connectivity index (χ1) is 11.5. The van der Waals surface area contributed by atoms with Gasteiger partial charge in [-0.25, -0.2) is 9.89 Å². The molecule has 1 aromatic heterocycles. The predicted molar refractivity (Wildman–Crippen MR) is 94.6 cm³/mol. The van der Waals surface area contributed by atoms with Gasteiger partial charge in [0.25, 0.3) is 0 Å². The van der Waals surface area contributed by atoms with E-state index >= 15 is 0 Å². The highest BCUT2D eigenvalue weighted by Crippen LogP contribution is 2.19. The van der Waals surface area contributed by atoms with Crippen molar-refractivity contribution in [3.05, 3.63) is 39.8 Å². The molecule has 2 aromatic rings. The predicted octanol–water partition coefficient (Wildman–Crippen LogP) is 1.96. The van der Waals surface area contributed by atoms with Crippen LogP contribution in [0.1, 0.15) is 17.5 Å². The van der Waals surface area contributed by atoms with Gasteiger partial charge in [-0.15, -0.1) is 5.10 Å². The second-order valence-corrected chi connectivity index (χ2v) is 6.34. The highest BCUT2D eigenvalue weighted by Gasteiger charge is 2.12. The number of H-pyrrole nitrogens is 1. The fourth-order valence-electron chi connectivity index (χ4n) is 2.18. The summed E-state index contributed by atoms with van der Waals surface area (Å²) in [7, 11) is 1.62. The lowest BCUT2D eigenvalue weighted by molar-refractivity contribution is -0.113. The minimum Gasteiger partial charge on any atom is -0.385 e. The number of ether oxygens (including phenoxy) is 1. The monoisotopic (exact) mass is 350 g/mol. The molecule has 24 heavy (non-hydrogen) atoms. The van der Waals surface area contributed by atoms with Gasteiger partial charge in [0, 0.05) is 25.9 Å². The molecule has 0 aliphatic carbocycles. The van der Waals surface area contributed by atoms with Crippen molar-refractivity contribution in [3.63, 3.8) is 0 Å². The molecule has 2 N–H and O–H groups in total. The normalized spacial score (nSPS) is 10.8. The van der Waals surface area contributed by atoms with Gasteiger partial charge < -0.3 is 10.1 Å². The van der Waals surface area contributed by atoms with Crippen LogP contribution in [0, 0.1) is 13.8 Å². The van der Waals surface area contributed by atoms with E-state index in [4.69, 9.17) is 4.74 Å². The van der Waals surface area contributed by atoms with E-state index in [2.05, 4.69) is 15.5 Å². The van der Waals surface area contributed by atoms with E-state index < -0.39 is 0 Å². The Hall–Kier alpha value is -2.06. The van der Waals surface area contributed by atoms with Gasteiger partial charge in [-0.05, 0) is 37.5 Å². The molecule has 0 fully saturated rings. The first kappa shape index (κ1) is 18.3. The molecule has 0 saturated carbocycles. The lowest BCUT2D eigenvalue weighted by atomic mass is 10.1. The van der Waals surface area contributed by atoms with Crippen molar-refractivity contribution in [2.24, 2.45) is 0 Å². The number of aromatic amines is 1. The summed E-state index contributed by atoms with van der Waals surface area (Å²) in [6.07, 6.45) is 0.707. The molecule has 0 atom stereocenters. The minimum absolute atomic E-state index is 0.132. The molecule has 1 aromatic carbocycles. The number of nitrogens with one attached hydrogen (secondary N) is 2. The highest BCUT2D eigenvalue weighted by atomic mass is 32.2. The number of aryl methyl sites for hydroxylation is 1. The first-order valence-electron chi connectivity index (χ1n) is 7.66. The molecular weight excluding hydrogens is 328 g/mol. The third-order valence-corrected chi connectivity index (χ3v) is 4.64. The molecule has 0 saturated heterocycles. The second-order valence-electron chi connectivity index (χ2n) is 5.39. The molecule has 8 heteroatoms. The van der Waals surface area contributed by atoms with Gasteiger partial charge >= 0.3 is 5.69 Å². The molecule has 1 heterocycles. The third kappa shape index (κ3) is 4.72. The number of anilines is 1. The Morgan fingerprint density at radius 3 is 2.96 bits per heavy atom. The van der Waals surface area contributed by atoms with Crippen LogP contribution in [-0.2, 0) is 16.1 Å². The third-order valence-electron chi connectivity index (χ3n) is 3.66. The molecule has 0 bridgehead atoms. The van der Waals surface area contributed by atoms with Crippen LogP contribution < -0.4 is 11.0 Å². The summed E-state index contributed by atoms with van der Waals surface area (Å²) in [5.74, 6) is 0.0506. The molecule has 130 valence electrons. The highest BCUT2D eigenvalue weighted by molar-refractivity contribution is 7.99. The molecule has 1 amide bonds. The van der Waals surface area contributed by atoms with Gasteiger partial charge in [-0.2, -0.15) is 0 Å². The number of carbonyl (C=O) groups is 1. The van der Waals surface area contributed by atoms with Crippen molar-refractivity contribution in [1.82, 2.24) is 14.8 Å². The summed E-state index contributed by atoms with van der Waals surface area (Å²) >= 11 is 1.23. The summed E-state index contributed by atoms with van der Waals surface area (Å²) in [5.41, 5.74) is 2.70. The molecule has 0 aliphatic heterocycles. The van der Waals surface area contributed by atoms with E-state index in [9.17, 15) is 9.59 Å². The molecule has 0 aliphatic rings. The van der Waals surface area contributed by atoms with E-state index in [1.54, 1.807) is 7.11 Å². The van der Waals surface area contributed by atoms with Crippen LogP contribution in [0.15, 0.2) is 28.2 Å². The molecule has 2 rings (SSSR count). The van der Waals surface area contributed by atoms with E-state index in [1.807, 2.05) is 32.0 Å². The van der Waals surface area contributed by atoms with E-state index in [-0.39, 0.29) is 17.3 Å². The number of aromatic nitrogens is 3. The maximum absolute atomic E-state index is 12.2. The number of hydrogen-bond donors (Lipinski definition) is 2. The maximum atomic E-state index is 12.2. The van der Waals surface area contributed by atoms with E-state index in [0.29, 0.717) is 24.7 Å². The van der Waals surface area contributed by atoms with E-state index in [1.165, 1.54) is 16.3 Å². The Labute approximate surface area is 144 Å². The van der Waals surface area contributed by atoms with Crippen molar-refractivity contribution in [1.29, 1.82) is 0 Å². The van der Waals surface area contributed by atoms with Crippen LogP contribution in [-0.4, -0.2) is 40.1 Å². The minimum atomic E-state index is -0.275. The van der Waals surface area contributed by atoms with Gasteiger partial charge in [-0.3, -0.25) is 9.36 Å². The molecule has 0 radical (unpaired) electrons. The average Bonchev–Trinajstić information content (AvgIpc) is 2.91. The number of rotatable bonds is 8. The standard InChI is InChI=1S/C16H22N4O3S/c1-11-6-4-7-13(12(11)2)17-14(21)10-24-16-19-18-15(22)20(16)8-5-9-23-3/h4,6-7H,5,8-10H2,1-3H3,(H,17,21)(H,18,22). The number of thioether (sulfide) groups is 1. The average molecular weight is 350 g/mol. The lowest BCUT2D eigenvalue weighted by Gasteiger charge is -2.10. The Balaban J connectivity index is 1.94. The van der Waals surface area contributed by atoms with Crippen LogP contribution in [0.25, 0.3) is 0 Å². The Kier molecular flexibility index (Phi) is 6.62. The van der Waals surface area contributed by atoms with Crippen LogP contribution in [0.4, 0.5) is 5.69 Å². The van der Waals surface area contributed by atoms with Crippen LogP contribution in [0.5, 0.6) is 0 Å².